The second-order valence-corrected chi connectivity index (χ2v) is 9.86. The van der Waals surface area contributed by atoms with Gasteiger partial charge in [0.05, 0.1) is 0 Å². The molecule has 0 heterocycles. The molecule has 0 aliphatic heterocycles. The average molecular weight is 199 g/mol. The minimum atomic E-state index is -4.98. The molecule has 0 amide bonds. The van der Waals surface area contributed by atoms with E-state index in [1.54, 1.807) is 0 Å². The number of nitrogens with two attached hydrogens (primary N) is 6. The monoisotopic (exact) mass is 199 g/mol. The van der Waals surface area contributed by atoms with Crippen LogP contribution in [0.1, 0.15) is 0 Å². The molecule has 12 N–H and O–H groups in total. The van der Waals surface area contributed by atoms with Gasteiger partial charge in [-0.1, -0.05) is 0 Å². The first-order chi connectivity index (χ1) is 2.45. The van der Waals surface area contributed by atoms with Crippen molar-refractivity contribution in [2.75, 3.05) is 0 Å². The zero-order chi connectivity index (χ0) is 6.41. The molecule has 0 radical (unpaired) electrons. The van der Waals surface area contributed by atoms with Gasteiger partial charge in [0.2, 0.25) is 0 Å². The van der Waals surface area contributed by atoms with Gasteiger partial charge in [-0.3, -0.25) is 0 Å². The fourth-order valence-electron chi connectivity index (χ4n) is 0. The van der Waals surface area contributed by atoms with Crippen LogP contribution < -0.4 is 26.9 Å². The van der Waals surface area contributed by atoms with Crippen molar-refractivity contribution in [1.82, 2.24) is 0 Å². The van der Waals surface area contributed by atoms with E-state index in [1.165, 1.54) is 0 Å². The van der Waals surface area contributed by atoms with Gasteiger partial charge in [0.15, 0.2) is 0 Å². The van der Waals surface area contributed by atoms with Crippen molar-refractivity contribution < 1.29 is 13.9 Å². The summed E-state index contributed by atoms with van der Waals surface area (Å²) in [5, 5.41) is 0. The second-order valence-electron chi connectivity index (χ2n) is 1.67. The molecule has 6 nitrogen and oxygen atoms in total. The SMILES string of the molecule is [NH2][Rh]([NH2])([NH2])([NH2])([NH2])[NH2]. The summed E-state index contributed by atoms with van der Waals surface area (Å²) in [6, 6.07) is 0. The Morgan fingerprint density at radius 2 is 0.571 bits per heavy atom. The van der Waals surface area contributed by atoms with Gasteiger partial charge >= 0.3 is 40.7 Å². The first kappa shape index (κ1) is 7.38. The maximum absolute atomic E-state index is 4.98. The minimum absolute atomic E-state index is 4.90. The maximum atomic E-state index is 4.90. The van der Waals surface area contributed by atoms with E-state index in [9.17, 15) is 0 Å². The van der Waals surface area contributed by atoms with Crippen LogP contribution in [0.15, 0.2) is 0 Å². The van der Waals surface area contributed by atoms with Crippen LogP contribution in [0.3, 0.4) is 0 Å². The van der Waals surface area contributed by atoms with E-state index in [0.29, 0.717) is 0 Å². The molecule has 0 unspecified atom stereocenters. The first-order valence-electron chi connectivity index (χ1n) is 1.15. The third-order valence-electron chi connectivity index (χ3n) is 0. The Bertz CT molecular complexity index is 62.7. The Labute approximate surface area is 41.4 Å². The molecule has 0 saturated carbocycles. The zero-order valence-corrected chi connectivity index (χ0v) is 5.44. The predicted molar refractivity (Wildman–Crippen MR) is 25.1 cm³/mol. The van der Waals surface area contributed by atoms with E-state index in [1.807, 2.05) is 0 Å². The fraction of sp³-hybridized carbons (Fsp3) is 0. The van der Waals surface area contributed by atoms with Crippen molar-refractivity contribution in [2.45, 2.75) is 0 Å². The normalized spacial score (nSPS) is 23.1. The van der Waals surface area contributed by atoms with Gasteiger partial charge < -0.3 is 0 Å². The molecule has 0 aliphatic carbocycles. The molecule has 0 aromatic carbocycles. The molecule has 0 fully saturated rings. The van der Waals surface area contributed by atoms with Crippen LogP contribution in [-0.4, -0.2) is 0 Å². The summed E-state index contributed by atoms with van der Waals surface area (Å²) in [6.45, 7) is 0. The van der Waals surface area contributed by atoms with Crippen LogP contribution in [0, 0.1) is 0 Å². The quantitative estimate of drug-likeness (QED) is 0.222. The fourth-order valence-corrected chi connectivity index (χ4v) is 0. The molecule has 0 aromatic rings. The van der Waals surface area contributed by atoms with Crippen LogP contribution in [0.4, 0.5) is 0 Å². The van der Waals surface area contributed by atoms with Crippen LogP contribution in [0.2, 0.25) is 0 Å². The number of hydrogen-bond donors (Lipinski definition) is 6. The predicted octanol–water partition coefficient (Wildman–Crippen LogP) is -3.55. The van der Waals surface area contributed by atoms with Gasteiger partial charge in [-0.15, -0.1) is 0 Å². The van der Waals surface area contributed by atoms with Crippen molar-refractivity contribution in [3.05, 3.63) is 0 Å². The Kier molecular flexibility index (Phi) is 0.825. The molecule has 51 valence electrons. The van der Waals surface area contributed by atoms with Crippen LogP contribution in [0.5, 0.6) is 0 Å². The number of rotatable bonds is 0. The van der Waals surface area contributed by atoms with Gasteiger partial charge in [-0.2, -0.15) is 0 Å². The van der Waals surface area contributed by atoms with E-state index in [-0.39, 0.29) is 0 Å². The van der Waals surface area contributed by atoms with Gasteiger partial charge in [0.1, 0.15) is 0 Å². The molecule has 0 rings (SSSR count). The summed E-state index contributed by atoms with van der Waals surface area (Å²) in [5.41, 5.74) is 0. The molecule has 0 spiro atoms. The first-order valence-corrected chi connectivity index (χ1v) is 6.83. The standard InChI is InChI=1S/6H2N.Rh/h6*1H2;/q6*-1;+6. The summed E-state index contributed by atoms with van der Waals surface area (Å²) in [6.07, 6.45) is 0. The van der Waals surface area contributed by atoms with Gasteiger partial charge in [-0.05, 0) is 0 Å². The second kappa shape index (κ2) is 0.782. The molecule has 0 saturated heterocycles. The Morgan fingerprint density at radius 1 is 0.571 bits per heavy atom. The molecular weight excluding hydrogens is 187 g/mol. The van der Waals surface area contributed by atoms with E-state index >= 15 is 0 Å². The van der Waals surface area contributed by atoms with Crippen LogP contribution in [0.25, 0.3) is 0 Å². The van der Waals surface area contributed by atoms with Gasteiger partial charge in [0.25, 0.3) is 0 Å². The molecule has 0 aromatic heterocycles. The van der Waals surface area contributed by atoms with Crippen molar-refractivity contribution in [3.8, 4) is 0 Å². The van der Waals surface area contributed by atoms with Gasteiger partial charge in [0, 0.05) is 0 Å². The molecule has 0 atom stereocenters. The van der Waals surface area contributed by atoms with E-state index in [0.717, 1.165) is 0 Å². The third-order valence-corrected chi connectivity index (χ3v) is 0. The Hall–Kier alpha value is 0.383. The molecule has 7 heavy (non-hydrogen) atoms. The third kappa shape index (κ3) is 834. The summed E-state index contributed by atoms with van der Waals surface area (Å²) in [5.74, 6) is 0. The Balaban J connectivity index is 4.43. The summed E-state index contributed by atoms with van der Waals surface area (Å²) >= 11 is -4.98. The van der Waals surface area contributed by atoms with Crippen molar-refractivity contribution in [2.24, 2.45) is 26.9 Å². The summed E-state index contributed by atoms with van der Waals surface area (Å²) in [4.78, 5) is 0. The molecular formula is H12N6Rh. The summed E-state index contributed by atoms with van der Waals surface area (Å²) in [7, 11) is 0. The van der Waals surface area contributed by atoms with E-state index in [4.69, 9.17) is 26.9 Å². The van der Waals surface area contributed by atoms with Crippen LogP contribution >= 0.6 is 0 Å². The van der Waals surface area contributed by atoms with E-state index < -0.39 is 13.9 Å². The van der Waals surface area contributed by atoms with E-state index in [2.05, 4.69) is 0 Å². The van der Waals surface area contributed by atoms with Crippen molar-refractivity contribution in [1.29, 1.82) is 0 Å². The molecule has 7 heteroatoms. The zero-order valence-electron chi connectivity index (χ0n) is 3.80. The Morgan fingerprint density at radius 3 is 0.571 bits per heavy atom. The topological polar surface area (TPSA) is 156 Å². The molecule has 0 bridgehead atoms. The number of hydrogen-bond acceptors (Lipinski definition) is 6. The average Bonchev–Trinajstić information content (AvgIpc) is 0.592. The summed E-state index contributed by atoms with van der Waals surface area (Å²) < 4.78 is 29.4. The van der Waals surface area contributed by atoms with Crippen molar-refractivity contribution >= 4 is 0 Å². The molecule has 0 aliphatic rings. The van der Waals surface area contributed by atoms with Crippen LogP contribution in [-0.2, 0) is 13.9 Å². The van der Waals surface area contributed by atoms with Crippen molar-refractivity contribution in [3.63, 3.8) is 0 Å². The van der Waals surface area contributed by atoms with Gasteiger partial charge in [-0.25, -0.2) is 0 Å².